The molecule has 1 unspecified atom stereocenters. The van der Waals surface area contributed by atoms with Gasteiger partial charge in [0.05, 0.1) is 11.5 Å². The highest BCUT2D eigenvalue weighted by atomic mass is 32.1. The van der Waals surface area contributed by atoms with Crippen LogP contribution in [0.4, 0.5) is 4.79 Å². The van der Waals surface area contributed by atoms with E-state index in [0.717, 1.165) is 17.8 Å². The molecule has 0 radical (unpaired) electrons. The van der Waals surface area contributed by atoms with E-state index >= 15 is 0 Å². The van der Waals surface area contributed by atoms with Gasteiger partial charge in [-0.15, -0.1) is 11.3 Å². The lowest BCUT2D eigenvalue weighted by molar-refractivity contribution is 0.0574. The predicted octanol–water partition coefficient (Wildman–Crippen LogP) is 2.09. The van der Waals surface area contributed by atoms with E-state index in [0.29, 0.717) is 38.8 Å². The van der Waals surface area contributed by atoms with Crippen LogP contribution >= 0.6 is 11.3 Å². The lowest BCUT2D eigenvalue weighted by Crippen LogP contribution is -2.50. The summed E-state index contributed by atoms with van der Waals surface area (Å²) in [6.07, 6.45) is 2.05. The molecule has 2 aliphatic heterocycles. The molecule has 6 nitrogen and oxygen atoms in total. The van der Waals surface area contributed by atoms with E-state index in [-0.39, 0.29) is 12.0 Å². The highest BCUT2D eigenvalue weighted by Gasteiger charge is 2.27. The number of nitrogens with zero attached hydrogens (tertiary/aromatic N) is 2. The molecule has 0 spiro atoms. The van der Waals surface area contributed by atoms with Crippen LogP contribution in [0.2, 0.25) is 0 Å². The van der Waals surface area contributed by atoms with Crippen LogP contribution in [0.3, 0.4) is 0 Å². The molecule has 2 aliphatic rings. The van der Waals surface area contributed by atoms with E-state index in [1.807, 2.05) is 11.0 Å². The maximum absolute atomic E-state index is 12.6. The lowest BCUT2D eigenvalue weighted by Gasteiger charge is -2.33. The second-order valence-electron chi connectivity index (χ2n) is 5.83. The molecule has 1 N–H and O–H groups in total. The summed E-state index contributed by atoms with van der Waals surface area (Å²) >= 11 is 1.59. The third kappa shape index (κ3) is 3.67. The molecule has 0 saturated carbocycles. The van der Waals surface area contributed by atoms with Gasteiger partial charge in [-0.1, -0.05) is 0 Å². The highest BCUT2D eigenvalue weighted by molar-refractivity contribution is 7.14. The Hall–Kier alpha value is -1.60. The van der Waals surface area contributed by atoms with Gasteiger partial charge in [0.2, 0.25) is 0 Å². The van der Waals surface area contributed by atoms with Crippen LogP contribution in [0.1, 0.15) is 40.4 Å². The van der Waals surface area contributed by atoms with E-state index in [9.17, 15) is 9.59 Å². The maximum Gasteiger partial charge on any atom is 0.409 e. The topological polar surface area (TPSA) is 61.9 Å². The molecule has 1 aromatic rings. The largest absolute Gasteiger partial charge is 0.450 e. The first kappa shape index (κ1) is 16.3. The minimum Gasteiger partial charge on any atom is -0.450 e. The molecule has 0 bridgehead atoms. The monoisotopic (exact) mass is 337 g/mol. The zero-order valence-corrected chi connectivity index (χ0v) is 14.2. The molecule has 1 atom stereocenters. The van der Waals surface area contributed by atoms with Gasteiger partial charge in [-0.05, 0) is 38.4 Å². The van der Waals surface area contributed by atoms with Crippen LogP contribution in [0.5, 0.6) is 0 Å². The Bertz CT molecular complexity index is 561. The number of carbonyl (C=O) groups is 2. The van der Waals surface area contributed by atoms with Crippen LogP contribution in [0.15, 0.2) is 12.1 Å². The molecule has 3 heterocycles. The molecule has 0 aromatic carbocycles. The van der Waals surface area contributed by atoms with Crippen molar-refractivity contribution in [2.24, 2.45) is 0 Å². The molecule has 3 rings (SSSR count). The van der Waals surface area contributed by atoms with Crippen molar-refractivity contribution in [2.45, 2.75) is 25.8 Å². The number of ether oxygens (including phenoxy) is 1. The minimum atomic E-state index is -0.287. The summed E-state index contributed by atoms with van der Waals surface area (Å²) in [5, 5.41) is 3.46. The number of hydrogen-bond donors (Lipinski definition) is 1. The fourth-order valence-corrected chi connectivity index (χ4v) is 4.13. The van der Waals surface area contributed by atoms with Crippen LogP contribution in [0.25, 0.3) is 0 Å². The summed E-state index contributed by atoms with van der Waals surface area (Å²) in [5.74, 6) is 0.0720. The molecule has 2 saturated heterocycles. The van der Waals surface area contributed by atoms with Gasteiger partial charge in [-0.2, -0.15) is 0 Å². The fraction of sp³-hybridized carbons (Fsp3) is 0.625. The Morgan fingerprint density at radius 1 is 1.26 bits per heavy atom. The third-order valence-electron chi connectivity index (χ3n) is 4.33. The molecule has 2 fully saturated rings. The first-order valence-electron chi connectivity index (χ1n) is 8.23. The number of rotatable bonds is 3. The molecule has 7 heteroatoms. The normalized spacial score (nSPS) is 21.5. The van der Waals surface area contributed by atoms with Crippen LogP contribution < -0.4 is 5.32 Å². The zero-order chi connectivity index (χ0) is 16.2. The van der Waals surface area contributed by atoms with Crippen LogP contribution in [-0.2, 0) is 4.74 Å². The summed E-state index contributed by atoms with van der Waals surface area (Å²) in [7, 11) is 0. The van der Waals surface area contributed by atoms with Crippen LogP contribution in [0, 0.1) is 0 Å². The van der Waals surface area contributed by atoms with Crippen molar-refractivity contribution < 1.29 is 14.3 Å². The average molecular weight is 337 g/mol. The first-order valence-corrected chi connectivity index (χ1v) is 9.04. The number of piperazine rings is 1. The first-order chi connectivity index (χ1) is 11.2. The van der Waals surface area contributed by atoms with E-state index in [1.54, 1.807) is 23.2 Å². The molecule has 126 valence electrons. The molecular weight excluding hydrogens is 314 g/mol. The van der Waals surface area contributed by atoms with E-state index < -0.39 is 0 Å². The number of thiophene rings is 1. The Morgan fingerprint density at radius 3 is 2.65 bits per heavy atom. The summed E-state index contributed by atoms with van der Waals surface area (Å²) in [5.41, 5.74) is 0. The summed E-state index contributed by atoms with van der Waals surface area (Å²) in [4.78, 5) is 29.8. The van der Waals surface area contributed by atoms with Crippen molar-refractivity contribution in [1.82, 2.24) is 15.1 Å². The van der Waals surface area contributed by atoms with Crippen molar-refractivity contribution in [2.75, 3.05) is 39.3 Å². The molecular formula is C16H23N3O3S. The van der Waals surface area contributed by atoms with Gasteiger partial charge >= 0.3 is 6.09 Å². The standard InChI is InChI=1S/C16H23N3O3S/c1-2-22-16(21)19-10-8-18(9-11-19)15(20)14-6-5-13(23-14)12-4-3-7-17-12/h5-6,12,17H,2-4,7-11H2,1H3. The van der Waals surface area contributed by atoms with Gasteiger partial charge in [0.25, 0.3) is 5.91 Å². The SMILES string of the molecule is CCOC(=O)N1CCN(C(=O)c2ccc(C3CCCN3)s2)CC1. The second kappa shape index (κ2) is 7.31. The fourth-order valence-electron chi connectivity index (χ4n) is 3.05. The Kier molecular flexibility index (Phi) is 5.17. The van der Waals surface area contributed by atoms with E-state index in [1.165, 1.54) is 11.3 Å². The summed E-state index contributed by atoms with van der Waals surface area (Å²) in [6.45, 7) is 5.43. The average Bonchev–Trinajstić information content (AvgIpc) is 3.25. The Balaban J connectivity index is 1.56. The smallest absolute Gasteiger partial charge is 0.409 e. The summed E-state index contributed by atoms with van der Waals surface area (Å²) in [6, 6.07) is 4.40. The maximum atomic E-state index is 12.6. The molecule has 2 amide bonds. The third-order valence-corrected chi connectivity index (χ3v) is 5.52. The predicted molar refractivity (Wildman–Crippen MR) is 88.8 cm³/mol. The highest BCUT2D eigenvalue weighted by Crippen LogP contribution is 2.30. The van der Waals surface area contributed by atoms with Gasteiger partial charge in [-0.3, -0.25) is 4.79 Å². The van der Waals surface area contributed by atoms with Crippen molar-refractivity contribution in [1.29, 1.82) is 0 Å². The zero-order valence-electron chi connectivity index (χ0n) is 13.4. The van der Waals surface area contributed by atoms with Crippen molar-refractivity contribution in [3.63, 3.8) is 0 Å². The quantitative estimate of drug-likeness (QED) is 0.917. The Labute approximate surface area is 140 Å². The number of carbonyl (C=O) groups excluding carboxylic acids is 2. The molecule has 23 heavy (non-hydrogen) atoms. The van der Waals surface area contributed by atoms with Crippen molar-refractivity contribution in [3.05, 3.63) is 21.9 Å². The number of amides is 2. The summed E-state index contributed by atoms with van der Waals surface area (Å²) < 4.78 is 5.00. The lowest BCUT2D eigenvalue weighted by atomic mass is 10.2. The van der Waals surface area contributed by atoms with Gasteiger partial charge in [0, 0.05) is 37.1 Å². The van der Waals surface area contributed by atoms with Gasteiger partial charge in [-0.25, -0.2) is 4.79 Å². The van der Waals surface area contributed by atoms with E-state index in [2.05, 4.69) is 11.4 Å². The second-order valence-corrected chi connectivity index (χ2v) is 6.94. The Morgan fingerprint density at radius 2 is 2.00 bits per heavy atom. The van der Waals surface area contributed by atoms with Crippen molar-refractivity contribution in [3.8, 4) is 0 Å². The van der Waals surface area contributed by atoms with Gasteiger partial charge in [0.15, 0.2) is 0 Å². The molecule has 0 aliphatic carbocycles. The van der Waals surface area contributed by atoms with E-state index in [4.69, 9.17) is 4.74 Å². The number of hydrogen-bond acceptors (Lipinski definition) is 5. The minimum absolute atomic E-state index is 0.0720. The van der Waals surface area contributed by atoms with Crippen molar-refractivity contribution >= 4 is 23.3 Å². The molecule has 1 aromatic heterocycles. The number of nitrogens with one attached hydrogen (secondary N) is 1. The van der Waals surface area contributed by atoms with Crippen LogP contribution in [-0.4, -0.2) is 61.1 Å². The van der Waals surface area contributed by atoms with Gasteiger partial charge in [0.1, 0.15) is 0 Å². The van der Waals surface area contributed by atoms with Gasteiger partial charge < -0.3 is 19.9 Å².